The Hall–Kier alpha value is -1.43. The topological polar surface area (TPSA) is 54.0 Å². The summed E-state index contributed by atoms with van der Waals surface area (Å²) in [5, 5.41) is 9.58. The number of rotatable bonds is 7. The van der Waals surface area contributed by atoms with Crippen LogP contribution in [0.5, 0.6) is 0 Å². The molecule has 1 saturated heterocycles. The van der Waals surface area contributed by atoms with E-state index in [2.05, 4.69) is 40.1 Å². The van der Waals surface area contributed by atoms with E-state index in [9.17, 15) is 4.79 Å². The maximum atomic E-state index is 12.2. The average Bonchev–Trinajstić information content (AvgIpc) is 3.12. The number of hydrogen-bond donors (Lipinski definition) is 2. The minimum Gasteiger partial charge on any atom is -0.356 e. The highest BCUT2D eigenvalue weighted by atomic mass is 35.5. The van der Waals surface area contributed by atoms with Crippen molar-refractivity contribution >= 4 is 29.7 Å². The number of amides is 1. The summed E-state index contributed by atoms with van der Waals surface area (Å²) in [5.74, 6) is 1.31. The van der Waals surface area contributed by atoms with E-state index in [0.29, 0.717) is 24.8 Å². The minimum atomic E-state index is 0. The Morgan fingerprint density at radius 2 is 2.04 bits per heavy atom. The van der Waals surface area contributed by atoms with E-state index >= 15 is 0 Å². The van der Waals surface area contributed by atoms with E-state index in [1.54, 1.807) is 11.3 Å². The Labute approximate surface area is 166 Å². The van der Waals surface area contributed by atoms with Crippen molar-refractivity contribution in [3.63, 3.8) is 0 Å². The van der Waals surface area contributed by atoms with Crippen LogP contribution in [0.3, 0.4) is 0 Å². The fraction of sp³-hybridized carbons (Fsp3) is 0.500. The van der Waals surface area contributed by atoms with E-state index in [-0.39, 0.29) is 18.3 Å². The zero-order valence-corrected chi connectivity index (χ0v) is 16.9. The van der Waals surface area contributed by atoms with Crippen molar-refractivity contribution in [2.45, 2.75) is 32.6 Å². The first-order chi connectivity index (χ1) is 12.2. The molecule has 1 atom stereocenters. The largest absolute Gasteiger partial charge is 0.356 e. The molecule has 0 bridgehead atoms. The van der Waals surface area contributed by atoms with Crippen LogP contribution in [0.25, 0.3) is 10.6 Å². The normalized spacial score (nSPS) is 15.9. The Morgan fingerprint density at radius 3 is 2.77 bits per heavy atom. The summed E-state index contributed by atoms with van der Waals surface area (Å²) in [6, 6.07) is 10.2. The quantitative estimate of drug-likeness (QED) is 0.749. The third-order valence-electron chi connectivity index (χ3n) is 4.97. The molecule has 2 heterocycles. The molecule has 2 N–H and O–H groups in total. The standard InChI is InChI=1S/C20H27N3OS.ClH/c1-15(16-7-10-21-11-8-16)13-19(24)22-12-9-18-14-25-20(23-18)17-5-3-2-4-6-17;/h2-6,14-16,21H,7-13H2,1H3,(H,22,24);1H. The lowest BCUT2D eigenvalue weighted by atomic mass is 9.84. The lowest BCUT2D eigenvalue weighted by molar-refractivity contribution is -0.122. The van der Waals surface area contributed by atoms with Crippen LogP contribution in [0.1, 0.15) is 31.9 Å². The second kappa shape index (κ2) is 10.7. The van der Waals surface area contributed by atoms with Gasteiger partial charge in [-0.1, -0.05) is 37.3 Å². The van der Waals surface area contributed by atoms with E-state index in [4.69, 9.17) is 0 Å². The van der Waals surface area contributed by atoms with E-state index in [1.165, 1.54) is 12.8 Å². The van der Waals surface area contributed by atoms with Crippen molar-refractivity contribution in [1.82, 2.24) is 15.6 Å². The van der Waals surface area contributed by atoms with Crippen LogP contribution in [0, 0.1) is 11.8 Å². The highest BCUT2D eigenvalue weighted by Gasteiger charge is 2.21. The van der Waals surface area contributed by atoms with Crippen LogP contribution in [-0.4, -0.2) is 30.5 Å². The van der Waals surface area contributed by atoms with Gasteiger partial charge in [0.05, 0.1) is 5.69 Å². The van der Waals surface area contributed by atoms with Gasteiger partial charge in [-0.25, -0.2) is 4.98 Å². The Bertz CT molecular complexity index is 671. The number of piperidine rings is 1. The van der Waals surface area contributed by atoms with E-state index in [1.807, 2.05) is 18.2 Å². The van der Waals surface area contributed by atoms with Crippen LogP contribution >= 0.6 is 23.7 Å². The molecule has 1 unspecified atom stereocenters. The van der Waals surface area contributed by atoms with Crippen LogP contribution < -0.4 is 10.6 Å². The van der Waals surface area contributed by atoms with E-state index in [0.717, 1.165) is 35.8 Å². The lowest BCUT2D eigenvalue weighted by Gasteiger charge is -2.27. The number of benzene rings is 1. The molecule has 6 heteroatoms. The zero-order valence-electron chi connectivity index (χ0n) is 15.2. The number of nitrogens with one attached hydrogen (secondary N) is 2. The first-order valence-electron chi connectivity index (χ1n) is 9.19. The Morgan fingerprint density at radius 1 is 1.31 bits per heavy atom. The van der Waals surface area contributed by atoms with Gasteiger partial charge >= 0.3 is 0 Å². The predicted molar refractivity (Wildman–Crippen MR) is 111 cm³/mol. The SMILES string of the molecule is CC(CC(=O)NCCc1csc(-c2ccccc2)n1)C1CCNCC1.Cl. The number of carbonyl (C=O) groups is 1. The Balaban J connectivity index is 0.00000243. The monoisotopic (exact) mass is 393 g/mol. The number of hydrogen-bond acceptors (Lipinski definition) is 4. The second-order valence-corrected chi connectivity index (χ2v) is 7.74. The van der Waals surface area contributed by atoms with Crippen molar-refractivity contribution < 1.29 is 4.79 Å². The van der Waals surface area contributed by atoms with Crippen molar-refractivity contribution in [2.75, 3.05) is 19.6 Å². The number of halogens is 1. The fourth-order valence-electron chi connectivity index (χ4n) is 3.41. The fourth-order valence-corrected chi connectivity index (χ4v) is 4.27. The van der Waals surface area contributed by atoms with Gasteiger partial charge in [-0.05, 0) is 37.8 Å². The van der Waals surface area contributed by atoms with Crippen molar-refractivity contribution in [1.29, 1.82) is 0 Å². The molecule has 1 aromatic carbocycles. The molecule has 142 valence electrons. The molecule has 0 spiro atoms. The van der Waals surface area contributed by atoms with Gasteiger partial charge in [-0.2, -0.15) is 0 Å². The summed E-state index contributed by atoms with van der Waals surface area (Å²) in [6.45, 7) is 5.05. The maximum absolute atomic E-state index is 12.2. The van der Waals surface area contributed by atoms with Gasteiger partial charge < -0.3 is 10.6 Å². The molecule has 1 fully saturated rings. The molecule has 0 saturated carbocycles. The van der Waals surface area contributed by atoms with Gasteiger partial charge in [0, 0.05) is 30.3 Å². The minimum absolute atomic E-state index is 0. The summed E-state index contributed by atoms with van der Waals surface area (Å²) < 4.78 is 0. The van der Waals surface area contributed by atoms with Gasteiger partial charge in [0.25, 0.3) is 0 Å². The zero-order chi connectivity index (χ0) is 17.5. The van der Waals surface area contributed by atoms with Gasteiger partial charge in [0.15, 0.2) is 0 Å². The highest BCUT2D eigenvalue weighted by Crippen LogP contribution is 2.24. The van der Waals surface area contributed by atoms with Gasteiger partial charge in [-0.3, -0.25) is 4.79 Å². The summed E-state index contributed by atoms with van der Waals surface area (Å²) in [5.41, 5.74) is 2.20. The van der Waals surface area contributed by atoms with Gasteiger partial charge in [0.2, 0.25) is 5.91 Å². The summed E-state index contributed by atoms with van der Waals surface area (Å²) >= 11 is 1.66. The highest BCUT2D eigenvalue weighted by molar-refractivity contribution is 7.13. The smallest absolute Gasteiger partial charge is 0.220 e. The maximum Gasteiger partial charge on any atom is 0.220 e. The van der Waals surface area contributed by atoms with Crippen LogP contribution in [0.4, 0.5) is 0 Å². The summed E-state index contributed by atoms with van der Waals surface area (Å²) in [4.78, 5) is 16.8. The van der Waals surface area contributed by atoms with Crippen LogP contribution in [-0.2, 0) is 11.2 Å². The second-order valence-electron chi connectivity index (χ2n) is 6.88. The number of carbonyl (C=O) groups excluding carboxylic acids is 1. The summed E-state index contributed by atoms with van der Waals surface area (Å²) in [7, 11) is 0. The average molecular weight is 394 g/mol. The molecule has 26 heavy (non-hydrogen) atoms. The van der Waals surface area contributed by atoms with E-state index < -0.39 is 0 Å². The number of thiazole rings is 1. The first kappa shape index (κ1) is 20.9. The molecular weight excluding hydrogens is 366 g/mol. The molecule has 1 amide bonds. The number of nitrogens with zero attached hydrogens (tertiary/aromatic N) is 1. The molecule has 3 rings (SSSR count). The van der Waals surface area contributed by atoms with Gasteiger partial charge in [0.1, 0.15) is 5.01 Å². The molecule has 1 aliphatic heterocycles. The molecule has 4 nitrogen and oxygen atoms in total. The number of aromatic nitrogens is 1. The van der Waals surface area contributed by atoms with Crippen molar-refractivity contribution in [3.05, 3.63) is 41.4 Å². The van der Waals surface area contributed by atoms with Gasteiger partial charge in [-0.15, -0.1) is 23.7 Å². The molecule has 0 aliphatic carbocycles. The molecule has 0 radical (unpaired) electrons. The first-order valence-corrected chi connectivity index (χ1v) is 10.1. The van der Waals surface area contributed by atoms with Crippen molar-refractivity contribution in [3.8, 4) is 10.6 Å². The summed E-state index contributed by atoms with van der Waals surface area (Å²) in [6.07, 6.45) is 3.80. The molecule has 2 aromatic rings. The van der Waals surface area contributed by atoms with Crippen molar-refractivity contribution in [2.24, 2.45) is 11.8 Å². The Kier molecular flexibility index (Phi) is 8.55. The third-order valence-corrected chi connectivity index (χ3v) is 5.91. The molecule has 1 aliphatic rings. The lowest BCUT2D eigenvalue weighted by Crippen LogP contribution is -2.34. The third kappa shape index (κ3) is 6.08. The van der Waals surface area contributed by atoms with Crippen LogP contribution in [0.15, 0.2) is 35.7 Å². The van der Waals surface area contributed by atoms with Crippen LogP contribution in [0.2, 0.25) is 0 Å². The predicted octanol–water partition coefficient (Wildman–Crippen LogP) is 3.92. The molecular formula is C20H28ClN3OS. The molecule has 1 aromatic heterocycles.